The van der Waals surface area contributed by atoms with Crippen LogP contribution >= 0.6 is 11.3 Å². The Kier molecular flexibility index (Phi) is 4.35. The molecular weight excluding hydrogens is 388 g/mol. The smallest absolute Gasteiger partial charge is 0.252 e. The largest absolute Gasteiger partial charge is 0.344 e. The van der Waals surface area contributed by atoms with Crippen LogP contribution in [0.3, 0.4) is 0 Å². The summed E-state index contributed by atoms with van der Waals surface area (Å²) in [5, 5.41) is 5.41. The minimum absolute atomic E-state index is 0.0425. The first-order valence-corrected chi connectivity index (χ1v) is 10.3. The number of amides is 1. The monoisotopic (exact) mass is 408 g/mol. The van der Waals surface area contributed by atoms with E-state index in [1.165, 1.54) is 0 Å². The molecule has 10 heteroatoms. The Morgan fingerprint density at radius 1 is 1.14 bits per heavy atom. The molecule has 0 N–H and O–H groups in total. The van der Waals surface area contributed by atoms with E-state index >= 15 is 0 Å². The lowest BCUT2D eigenvalue weighted by Gasteiger charge is -2.34. The van der Waals surface area contributed by atoms with Gasteiger partial charge in [-0.2, -0.15) is 4.98 Å². The highest BCUT2D eigenvalue weighted by Gasteiger charge is 2.24. The van der Waals surface area contributed by atoms with E-state index in [1.54, 1.807) is 22.0 Å². The molecule has 0 spiro atoms. The number of hydrogen-bond donors (Lipinski definition) is 0. The molecule has 0 radical (unpaired) electrons. The van der Waals surface area contributed by atoms with Crippen molar-refractivity contribution < 1.29 is 4.79 Å². The number of aromatic nitrogens is 6. The summed E-state index contributed by atoms with van der Waals surface area (Å²) in [5.74, 6) is 1.09. The maximum Gasteiger partial charge on any atom is 0.252 e. The predicted molar refractivity (Wildman–Crippen MR) is 110 cm³/mol. The average molecular weight is 408 g/mol. The normalized spacial score (nSPS) is 14.8. The van der Waals surface area contributed by atoms with Crippen LogP contribution in [-0.4, -0.2) is 66.5 Å². The molecule has 0 saturated carbocycles. The number of anilines is 1. The van der Waals surface area contributed by atoms with Crippen LogP contribution in [0.5, 0.6) is 0 Å². The fraction of sp³-hybridized carbons (Fsp3) is 0.368. The summed E-state index contributed by atoms with van der Waals surface area (Å²) in [6.07, 6.45) is 1.97. The quantitative estimate of drug-likeness (QED) is 0.509. The summed E-state index contributed by atoms with van der Waals surface area (Å²) >= 11 is 1.59. The molecule has 9 nitrogen and oxygen atoms in total. The number of aryl methyl sites for hydroxylation is 2. The highest BCUT2D eigenvalue weighted by atomic mass is 32.1. The first-order valence-electron chi connectivity index (χ1n) is 9.51. The summed E-state index contributed by atoms with van der Waals surface area (Å²) in [6.45, 7) is 6.71. The van der Waals surface area contributed by atoms with E-state index in [0.717, 1.165) is 40.0 Å². The van der Waals surface area contributed by atoms with Crippen molar-refractivity contribution in [3.8, 4) is 0 Å². The molecule has 29 heavy (non-hydrogen) atoms. The molecule has 1 amide bonds. The molecule has 1 saturated heterocycles. The maximum atomic E-state index is 12.8. The van der Waals surface area contributed by atoms with Crippen LogP contribution in [-0.2, 0) is 11.2 Å². The topological polar surface area (TPSA) is 92.4 Å². The van der Waals surface area contributed by atoms with Crippen molar-refractivity contribution in [2.45, 2.75) is 20.3 Å². The van der Waals surface area contributed by atoms with Crippen LogP contribution in [0.4, 0.5) is 5.13 Å². The third-order valence-electron chi connectivity index (χ3n) is 5.03. The van der Waals surface area contributed by atoms with Crippen LogP contribution in [0, 0.1) is 13.8 Å². The molecule has 0 atom stereocenters. The van der Waals surface area contributed by atoms with Crippen LogP contribution < -0.4 is 4.90 Å². The van der Waals surface area contributed by atoms with E-state index < -0.39 is 0 Å². The predicted octanol–water partition coefficient (Wildman–Crippen LogP) is 1.64. The van der Waals surface area contributed by atoms with E-state index in [4.69, 9.17) is 0 Å². The zero-order valence-electron chi connectivity index (χ0n) is 16.2. The van der Waals surface area contributed by atoms with E-state index in [-0.39, 0.29) is 12.3 Å². The summed E-state index contributed by atoms with van der Waals surface area (Å²) in [5.41, 5.74) is 2.77. The summed E-state index contributed by atoms with van der Waals surface area (Å²) < 4.78 is 1.69. The van der Waals surface area contributed by atoms with Gasteiger partial charge in [0, 0.05) is 43.8 Å². The zero-order valence-corrected chi connectivity index (χ0v) is 17.1. The fourth-order valence-corrected chi connectivity index (χ4v) is 4.53. The maximum absolute atomic E-state index is 12.8. The first kappa shape index (κ1) is 17.9. The van der Waals surface area contributed by atoms with Gasteiger partial charge in [-0.3, -0.25) is 4.79 Å². The van der Waals surface area contributed by atoms with Gasteiger partial charge in [-0.25, -0.2) is 19.5 Å². The summed E-state index contributed by atoms with van der Waals surface area (Å²) in [7, 11) is 0. The Balaban J connectivity index is 1.25. The van der Waals surface area contributed by atoms with E-state index in [0.29, 0.717) is 24.7 Å². The number of rotatable bonds is 3. The van der Waals surface area contributed by atoms with Crippen molar-refractivity contribution in [2.75, 3.05) is 31.1 Å². The number of carbonyl (C=O) groups is 1. The summed E-state index contributed by atoms with van der Waals surface area (Å²) in [4.78, 5) is 35.6. The van der Waals surface area contributed by atoms with Crippen molar-refractivity contribution in [1.29, 1.82) is 0 Å². The van der Waals surface area contributed by atoms with Gasteiger partial charge in [0.15, 0.2) is 11.0 Å². The second-order valence-electron chi connectivity index (χ2n) is 7.15. The Morgan fingerprint density at radius 3 is 2.76 bits per heavy atom. The minimum atomic E-state index is 0.0425. The van der Waals surface area contributed by atoms with Crippen molar-refractivity contribution in [2.24, 2.45) is 0 Å². The lowest BCUT2D eigenvalue weighted by Crippen LogP contribution is -2.49. The van der Waals surface area contributed by atoms with Gasteiger partial charge in [0.2, 0.25) is 5.91 Å². The molecule has 5 heterocycles. The Labute approximate surface area is 171 Å². The van der Waals surface area contributed by atoms with E-state index in [9.17, 15) is 4.79 Å². The van der Waals surface area contributed by atoms with Crippen LogP contribution in [0.2, 0.25) is 0 Å². The highest BCUT2D eigenvalue weighted by molar-refractivity contribution is 7.21. The van der Waals surface area contributed by atoms with Crippen LogP contribution in [0.15, 0.2) is 24.4 Å². The number of pyridine rings is 1. The van der Waals surface area contributed by atoms with E-state index in [2.05, 4.69) is 29.9 Å². The van der Waals surface area contributed by atoms with Gasteiger partial charge in [0.05, 0.1) is 6.42 Å². The summed E-state index contributed by atoms with van der Waals surface area (Å²) in [6, 6.07) is 5.82. The standard InChI is InChI=1S/C19H20N8OS/c1-12-10-13(2)27-18(21-12)23-15(24-27)11-16(28)25-6-8-26(9-7-25)19-22-14-4-3-5-20-17(14)29-19/h3-5,10H,6-9,11H2,1-2H3. The first-order chi connectivity index (χ1) is 14.1. The van der Waals surface area contributed by atoms with Gasteiger partial charge < -0.3 is 9.80 Å². The molecule has 1 aliphatic heterocycles. The second kappa shape index (κ2) is 7.03. The zero-order chi connectivity index (χ0) is 20.0. The van der Waals surface area contributed by atoms with Crippen LogP contribution in [0.1, 0.15) is 17.2 Å². The third-order valence-corrected chi connectivity index (χ3v) is 6.07. The molecule has 0 unspecified atom stereocenters. The van der Waals surface area contributed by atoms with Gasteiger partial charge in [-0.15, -0.1) is 5.10 Å². The SMILES string of the molecule is Cc1cc(C)n2nc(CC(=O)N3CCN(c4nc5cccnc5s4)CC3)nc2n1. The Hall–Kier alpha value is -3.14. The molecule has 0 aliphatic carbocycles. The fourth-order valence-electron chi connectivity index (χ4n) is 3.57. The molecule has 4 aromatic heterocycles. The lowest BCUT2D eigenvalue weighted by atomic mass is 10.3. The third kappa shape index (κ3) is 3.39. The van der Waals surface area contributed by atoms with Crippen LogP contribution in [0.25, 0.3) is 16.1 Å². The Morgan fingerprint density at radius 2 is 1.97 bits per heavy atom. The van der Waals surface area contributed by atoms with Gasteiger partial charge in [-0.1, -0.05) is 11.3 Å². The number of nitrogens with zero attached hydrogens (tertiary/aromatic N) is 8. The highest BCUT2D eigenvalue weighted by Crippen LogP contribution is 2.27. The molecule has 148 valence electrons. The second-order valence-corrected chi connectivity index (χ2v) is 8.10. The Bertz CT molecular complexity index is 1170. The van der Waals surface area contributed by atoms with Gasteiger partial charge >= 0.3 is 0 Å². The number of thiazole rings is 1. The van der Waals surface area contributed by atoms with Gasteiger partial charge in [0.1, 0.15) is 10.3 Å². The van der Waals surface area contributed by atoms with Crippen molar-refractivity contribution in [1.82, 2.24) is 34.4 Å². The van der Waals surface area contributed by atoms with Gasteiger partial charge in [0.25, 0.3) is 5.78 Å². The van der Waals surface area contributed by atoms with Crippen molar-refractivity contribution in [3.05, 3.63) is 41.6 Å². The van der Waals surface area contributed by atoms with Crippen molar-refractivity contribution >= 4 is 38.5 Å². The molecule has 0 bridgehead atoms. The number of fused-ring (bicyclic) bond motifs is 2. The molecule has 1 fully saturated rings. The number of carbonyl (C=O) groups excluding carboxylic acids is 1. The lowest BCUT2D eigenvalue weighted by molar-refractivity contribution is -0.130. The number of piperazine rings is 1. The molecule has 4 aromatic rings. The molecular formula is C19H20N8OS. The van der Waals surface area contributed by atoms with Gasteiger partial charge in [-0.05, 0) is 32.0 Å². The van der Waals surface area contributed by atoms with Crippen molar-refractivity contribution in [3.63, 3.8) is 0 Å². The average Bonchev–Trinajstić information content (AvgIpc) is 3.32. The number of hydrogen-bond acceptors (Lipinski definition) is 8. The molecule has 5 rings (SSSR count). The molecule has 1 aliphatic rings. The minimum Gasteiger partial charge on any atom is -0.344 e. The van der Waals surface area contributed by atoms with E-state index in [1.807, 2.05) is 36.9 Å². The molecule has 0 aromatic carbocycles.